The van der Waals surface area contributed by atoms with Crippen molar-refractivity contribution >= 4 is 19.8 Å². The number of nitrogens with zero attached hydrogens (tertiary/aromatic N) is 1. The number of allylic oxidation sites excluding steroid dienone is 11. The number of unbranched alkanes of at least 4 members (excludes halogenated alkanes) is 16. The van der Waals surface area contributed by atoms with Crippen molar-refractivity contribution in [2.75, 3.05) is 47.5 Å². The molecule has 0 aliphatic rings. The summed E-state index contributed by atoms with van der Waals surface area (Å²) in [7, 11) is 1.35. The molecule has 0 rings (SSSR count). The maximum atomic E-state index is 12.7. The van der Waals surface area contributed by atoms with E-state index in [1.807, 2.05) is 33.3 Å². The van der Waals surface area contributed by atoms with Crippen molar-refractivity contribution in [2.24, 2.45) is 0 Å². The highest BCUT2D eigenvalue weighted by atomic mass is 31.2. The van der Waals surface area contributed by atoms with Gasteiger partial charge in [-0.1, -0.05) is 189 Å². The predicted octanol–water partition coefficient (Wildman–Crippen LogP) is 12.8. The van der Waals surface area contributed by atoms with Gasteiger partial charge in [-0.15, -0.1) is 0 Å². The molecule has 2 N–H and O–H groups in total. The third-order valence-corrected chi connectivity index (χ3v) is 10.9. The van der Waals surface area contributed by atoms with Crippen LogP contribution in [-0.2, 0) is 32.7 Å². The minimum absolute atomic E-state index is 0.00607. The Morgan fingerprint density at radius 1 is 0.590 bits per heavy atom. The van der Waals surface area contributed by atoms with Crippen LogP contribution < -0.4 is 0 Å². The SMILES string of the molecule is CC/C=C\C/C=C\C/C=C\C/C=C\C/C=C\C=C/C(O)CCC(=O)OC[C@H](COP(=O)(O)OCC[N+](C)(C)C)OC(=O)CCCCCCCCCCCCCCCCCCC. The van der Waals surface area contributed by atoms with Gasteiger partial charge in [0.05, 0.1) is 33.9 Å². The Labute approximate surface area is 372 Å². The molecule has 2 unspecified atom stereocenters. The van der Waals surface area contributed by atoms with Crippen LogP contribution in [0.4, 0.5) is 0 Å². The van der Waals surface area contributed by atoms with Gasteiger partial charge in [0.2, 0.25) is 0 Å². The predicted molar refractivity (Wildman–Crippen MR) is 253 cm³/mol. The molecule has 0 bridgehead atoms. The van der Waals surface area contributed by atoms with Gasteiger partial charge in [-0.2, -0.15) is 0 Å². The Morgan fingerprint density at radius 2 is 1.07 bits per heavy atom. The van der Waals surface area contributed by atoms with Crippen molar-refractivity contribution in [3.63, 3.8) is 0 Å². The van der Waals surface area contributed by atoms with Crippen LogP contribution in [0.1, 0.15) is 174 Å². The largest absolute Gasteiger partial charge is 0.472 e. The summed E-state index contributed by atoms with van der Waals surface area (Å²) in [6.45, 7) is 4.04. The molecule has 0 aliphatic heterocycles. The third kappa shape index (κ3) is 45.3. The number of hydrogen-bond acceptors (Lipinski definition) is 8. The van der Waals surface area contributed by atoms with Gasteiger partial charge < -0.3 is 24.0 Å². The minimum atomic E-state index is -4.44. The molecule has 0 amide bonds. The number of carbonyl (C=O) groups excluding carboxylic acids is 2. The maximum Gasteiger partial charge on any atom is 0.472 e. The lowest BCUT2D eigenvalue weighted by molar-refractivity contribution is -0.870. The number of phosphoric acid groups is 1. The van der Waals surface area contributed by atoms with E-state index in [0.29, 0.717) is 17.4 Å². The molecule has 61 heavy (non-hydrogen) atoms. The highest BCUT2D eigenvalue weighted by Crippen LogP contribution is 2.43. The van der Waals surface area contributed by atoms with Gasteiger partial charge in [0.1, 0.15) is 19.8 Å². The van der Waals surface area contributed by atoms with Crippen LogP contribution in [0.5, 0.6) is 0 Å². The second kappa shape index (κ2) is 41.4. The summed E-state index contributed by atoms with van der Waals surface area (Å²) in [5.41, 5.74) is 0. The van der Waals surface area contributed by atoms with E-state index < -0.39 is 38.6 Å². The molecular formula is C50H89NO9P+. The molecule has 0 saturated heterocycles. The normalized spacial score (nSPS) is 14.7. The number of ether oxygens (including phenoxy) is 2. The molecule has 0 heterocycles. The van der Waals surface area contributed by atoms with E-state index >= 15 is 0 Å². The summed E-state index contributed by atoms with van der Waals surface area (Å²) < 4.78 is 34.2. The molecular weight excluding hydrogens is 790 g/mol. The number of quaternary nitrogens is 1. The number of rotatable bonds is 42. The molecule has 11 heteroatoms. The molecule has 0 fully saturated rings. The Kier molecular flexibility index (Phi) is 39.7. The monoisotopic (exact) mass is 879 g/mol. The van der Waals surface area contributed by atoms with E-state index in [4.69, 9.17) is 18.5 Å². The van der Waals surface area contributed by atoms with E-state index in [9.17, 15) is 24.2 Å². The zero-order valence-electron chi connectivity index (χ0n) is 39.2. The number of phosphoric ester groups is 1. The zero-order chi connectivity index (χ0) is 45.1. The number of aliphatic hydroxyl groups is 1. The molecule has 10 nitrogen and oxygen atoms in total. The first kappa shape index (κ1) is 58.4. The Hall–Kier alpha value is -2.59. The van der Waals surface area contributed by atoms with Crippen molar-refractivity contribution < 1.29 is 47.2 Å². The van der Waals surface area contributed by atoms with Gasteiger partial charge in [0.25, 0.3) is 0 Å². The minimum Gasteiger partial charge on any atom is -0.462 e. The maximum absolute atomic E-state index is 12.7. The zero-order valence-corrected chi connectivity index (χ0v) is 40.1. The van der Waals surface area contributed by atoms with Crippen LogP contribution >= 0.6 is 7.82 Å². The van der Waals surface area contributed by atoms with Gasteiger partial charge in [0, 0.05) is 12.8 Å². The van der Waals surface area contributed by atoms with Gasteiger partial charge in [-0.05, 0) is 44.9 Å². The van der Waals surface area contributed by atoms with Crippen molar-refractivity contribution in [1.82, 2.24) is 0 Å². The van der Waals surface area contributed by atoms with Crippen LogP contribution in [0.2, 0.25) is 0 Å². The van der Waals surface area contributed by atoms with Crippen molar-refractivity contribution in [3.8, 4) is 0 Å². The highest BCUT2D eigenvalue weighted by molar-refractivity contribution is 7.47. The van der Waals surface area contributed by atoms with Crippen molar-refractivity contribution in [3.05, 3.63) is 72.9 Å². The van der Waals surface area contributed by atoms with Crippen LogP contribution in [0.25, 0.3) is 0 Å². The average molecular weight is 879 g/mol. The molecule has 0 saturated carbocycles. The third-order valence-electron chi connectivity index (χ3n) is 9.87. The quantitative estimate of drug-likeness (QED) is 0.0154. The van der Waals surface area contributed by atoms with E-state index in [0.717, 1.165) is 51.4 Å². The van der Waals surface area contributed by atoms with Crippen LogP contribution in [-0.4, -0.2) is 86.1 Å². The number of hydrogen-bond donors (Lipinski definition) is 2. The molecule has 0 aromatic rings. The lowest BCUT2D eigenvalue weighted by Crippen LogP contribution is -2.37. The van der Waals surface area contributed by atoms with Crippen LogP contribution in [0, 0.1) is 0 Å². The molecule has 0 radical (unpaired) electrons. The molecule has 0 aliphatic carbocycles. The lowest BCUT2D eigenvalue weighted by Gasteiger charge is -2.24. The van der Waals surface area contributed by atoms with Gasteiger partial charge in [-0.25, -0.2) is 4.57 Å². The number of likely N-dealkylation sites (N-methyl/N-ethyl adjacent to an activating group) is 1. The van der Waals surface area contributed by atoms with Gasteiger partial charge in [-0.3, -0.25) is 18.6 Å². The fourth-order valence-electron chi connectivity index (χ4n) is 6.12. The first-order valence-corrected chi connectivity index (χ1v) is 25.3. The second-order valence-electron chi connectivity index (χ2n) is 17.0. The Bertz CT molecular complexity index is 1280. The number of aliphatic hydroxyl groups excluding tert-OH is 1. The van der Waals surface area contributed by atoms with Crippen molar-refractivity contribution in [2.45, 2.75) is 187 Å². The Balaban J connectivity index is 4.53. The van der Waals surface area contributed by atoms with Gasteiger partial charge in [0.15, 0.2) is 6.10 Å². The summed E-state index contributed by atoms with van der Waals surface area (Å²) in [5.74, 6) is -1.08. The summed E-state index contributed by atoms with van der Waals surface area (Å²) in [6.07, 6.45) is 48.5. The summed E-state index contributed by atoms with van der Waals surface area (Å²) >= 11 is 0. The molecule has 352 valence electrons. The number of esters is 2. The molecule has 0 spiro atoms. The first-order chi connectivity index (χ1) is 29.4. The van der Waals surface area contributed by atoms with E-state index in [-0.39, 0.29) is 32.5 Å². The van der Waals surface area contributed by atoms with E-state index in [1.165, 1.54) is 83.5 Å². The second-order valence-corrected chi connectivity index (χ2v) is 18.4. The van der Waals surface area contributed by atoms with Gasteiger partial charge >= 0.3 is 19.8 Å². The fraction of sp³-hybridized carbons (Fsp3) is 0.720. The standard InChI is InChI=1S/C50H88NO9P/c1-6-8-10-12-14-16-18-20-22-24-26-28-30-32-34-36-38-40-50(54)60-48(46-59-61(55,56)58-44-43-51(3,4)5)45-57-49(53)42-41-47(52)39-37-35-33-31-29-27-25-23-21-19-17-15-13-11-9-7-2/h9,11,15,17,21,23,27,29,33,35,37,39,47-48,52H,6-8,10,12-14,16,18-20,22,24-26,28,30-32,34,36,38,40-46H2,1-5H3/p+1/b11-9-,17-15-,23-21-,29-27-,35-33-,39-37-/t47?,48-/m1/s1. The highest BCUT2D eigenvalue weighted by Gasteiger charge is 2.27. The Morgan fingerprint density at radius 3 is 1.56 bits per heavy atom. The molecule has 3 atom stereocenters. The first-order valence-electron chi connectivity index (χ1n) is 23.8. The summed E-state index contributed by atoms with van der Waals surface area (Å²) in [4.78, 5) is 35.5. The van der Waals surface area contributed by atoms with Crippen LogP contribution in [0.3, 0.4) is 0 Å². The summed E-state index contributed by atoms with van der Waals surface area (Å²) in [6, 6.07) is 0. The van der Waals surface area contributed by atoms with Crippen LogP contribution in [0.15, 0.2) is 72.9 Å². The topological polar surface area (TPSA) is 129 Å². The smallest absolute Gasteiger partial charge is 0.462 e. The van der Waals surface area contributed by atoms with Crippen molar-refractivity contribution in [1.29, 1.82) is 0 Å². The lowest BCUT2D eigenvalue weighted by atomic mass is 10.0. The van der Waals surface area contributed by atoms with E-state index in [2.05, 4.69) is 62.5 Å². The molecule has 0 aromatic carbocycles. The van der Waals surface area contributed by atoms with E-state index in [1.54, 1.807) is 12.2 Å². The average Bonchev–Trinajstić information content (AvgIpc) is 3.21. The summed E-state index contributed by atoms with van der Waals surface area (Å²) in [5, 5.41) is 10.3. The fourth-order valence-corrected chi connectivity index (χ4v) is 6.87. The number of carbonyl (C=O) groups is 2. The molecule has 0 aromatic heterocycles.